The van der Waals surface area contributed by atoms with Gasteiger partial charge < -0.3 is 53.8 Å². The predicted molar refractivity (Wildman–Crippen MR) is 145 cm³/mol. The molecule has 19 heteroatoms. The smallest absolute Gasteiger partial charge is 0.327 e. The Morgan fingerprint density at radius 2 is 1.36 bits per heavy atom. The number of carboxylic acids is 2. The van der Waals surface area contributed by atoms with Crippen LogP contribution in [-0.2, 0) is 28.8 Å². The maximum absolute atomic E-state index is 13.0. The molecule has 17 nitrogen and oxygen atoms in total. The van der Waals surface area contributed by atoms with Crippen LogP contribution in [0.5, 0.6) is 0 Å². The molecule has 0 unspecified atom stereocenters. The number of aliphatic hydroxyl groups excluding tert-OH is 1. The second-order valence-electron chi connectivity index (χ2n) is 8.27. The first-order valence-corrected chi connectivity index (χ1v) is 12.8. The Morgan fingerprint density at radius 3 is 1.82 bits per heavy atom. The van der Waals surface area contributed by atoms with Crippen molar-refractivity contribution < 1.29 is 44.1 Å². The average molecular weight is 597 g/mol. The fourth-order valence-corrected chi connectivity index (χ4v) is 3.31. The molecule has 0 bridgehead atoms. The van der Waals surface area contributed by atoms with Gasteiger partial charge in [0.2, 0.25) is 23.6 Å². The molecule has 0 heterocycles. The van der Waals surface area contributed by atoms with Gasteiger partial charge in [-0.15, -0.1) is 0 Å². The van der Waals surface area contributed by atoms with E-state index in [9.17, 15) is 39.0 Å². The Hall–Kier alpha value is -3.29. The van der Waals surface area contributed by atoms with Crippen molar-refractivity contribution in [2.24, 2.45) is 22.2 Å². The van der Waals surface area contributed by atoms with E-state index in [-0.39, 0.29) is 36.9 Å². The second-order valence-corrected chi connectivity index (χ2v) is 9.00. The number of hydrogen-bond donors (Lipinski definition) is 12. The van der Waals surface area contributed by atoms with E-state index in [4.69, 9.17) is 22.3 Å². The van der Waals surface area contributed by atoms with Crippen molar-refractivity contribution in [3.8, 4) is 0 Å². The number of hydrogen-bond acceptors (Lipinski definition) is 11. The summed E-state index contributed by atoms with van der Waals surface area (Å²) >= 11 is 7.73. The Labute approximate surface area is 234 Å². The lowest BCUT2D eigenvalue weighted by Gasteiger charge is -2.26. The van der Waals surface area contributed by atoms with E-state index in [1.807, 2.05) is 0 Å². The Bertz CT molecular complexity index is 918. The average Bonchev–Trinajstić information content (AvgIpc) is 2.85. The fraction of sp³-hybridized carbons (Fsp3) is 0.650. The first kappa shape index (κ1) is 35.7. The quantitative estimate of drug-likeness (QED) is 0.0307. The van der Waals surface area contributed by atoms with Crippen LogP contribution < -0.4 is 38.5 Å². The van der Waals surface area contributed by atoms with Crippen LogP contribution in [0.4, 0.5) is 0 Å². The zero-order valence-corrected chi connectivity index (χ0v) is 22.9. The van der Waals surface area contributed by atoms with Crippen LogP contribution in [0.1, 0.15) is 26.2 Å². The summed E-state index contributed by atoms with van der Waals surface area (Å²) in [5.74, 6) is -7.43. The summed E-state index contributed by atoms with van der Waals surface area (Å²) in [6, 6.07) is -7.28. The first-order valence-electron chi connectivity index (χ1n) is 11.5. The van der Waals surface area contributed by atoms with Gasteiger partial charge in [-0.2, -0.15) is 25.3 Å². The molecule has 0 aliphatic rings. The van der Waals surface area contributed by atoms with E-state index in [1.165, 1.54) is 0 Å². The zero-order chi connectivity index (χ0) is 30.3. The van der Waals surface area contributed by atoms with Crippen molar-refractivity contribution in [2.75, 3.05) is 18.1 Å². The number of carbonyl (C=O) groups excluding carboxylic acids is 4. The van der Waals surface area contributed by atoms with Crippen LogP contribution in [0.15, 0.2) is 4.99 Å². The molecule has 0 aromatic carbocycles. The molecule has 6 atom stereocenters. The Morgan fingerprint density at radius 1 is 0.821 bits per heavy atom. The summed E-state index contributed by atoms with van der Waals surface area (Å²) in [4.78, 5) is 76.9. The van der Waals surface area contributed by atoms with E-state index in [1.54, 1.807) is 0 Å². The summed E-state index contributed by atoms with van der Waals surface area (Å²) in [7, 11) is 0. The van der Waals surface area contributed by atoms with E-state index in [0.29, 0.717) is 0 Å². The topological polar surface area (TPSA) is 302 Å². The van der Waals surface area contributed by atoms with Crippen LogP contribution >= 0.6 is 25.3 Å². The number of nitrogens with one attached hydrogen (secondary N) is 4. The number of rotatable bonds is 18. The molecular formula is C20H36N8O9S2. The lowest BCUT2D eigenvalue weighted by atomic mass is 10.1. The highest BCUT2D eigenvalue weighted by Gasteiger charge is 2.34. The van der Waals surface area contributed by atoms with E-state index in [0.717, 1.165) is 6.92 Å². The molecule has 13 N–H and O–H groups in total. The molecule has 0 saturated carbocycles. The largest absolute Gasteiger partial charge is 0.481 e. The van der Waals surface area contributed by atoms with Crippen LogP contribution in [0.2, 0.25) is 0 Å². The number of amides is 4. The molecular weight excluding hydrogens is 560 g/mol. The number of aliphatic imine (C=N–C) groups is 1. The minimum atomic E-state index is -1.76. The highest BCUT2D eigenvalue weighted by molar-refractivity contribution is 7.80. The van der Waals surface area contributed by atoms with Crippen LogP contribution in [0.25, 0.3) is 0 Å². The van der Waals surface area contributed by atoms with Crippen molar-refractivity contribution in [2.45, 2.75) is 62.5 Å². The number of guanidine groups is 1. The Kier molecular flexibility index (Phi) is 16.6. The van der Waals surface area contributed by atoms with Gasteiger partial charge in [-0.05, 0) is 19.8 Å². The minimum Gasteiger partial charge on any atom is -0.481 e. The summed E-state index contributed by atoms with van der Waals surface area (Å²) in [5.41, 5.74) is 16.1. The number of carboxylic acid groups (broad SMARTS) is 2. The summed E-state index contributed by atoms with van der Waals surface area (Å²) in [6.07, 6.45) is -2.32. The van der Waals surface area contributed by atoms with Gasteiger partial charge >= 0.3 is 11.9 Å². The van der Waals surface area contributed by atoms with Gasteiger partial charge in [0.05, 0.1) is 18.6 Å². The number of thiol groups is 2. The van der Waals surface area contributed by atoms with Gasteiger partial charge in [-0.3, -0.25) is 29.0 Å². The molecule has 0 aliphatic heterocycles. The molecule has 0 rings (SSSR count). The van der Waals surface area contributed by atoms with Gasteiger partial charge in [0.15, 0.2) is 5.96 Å². The van der Waals surface area contributed by atoms with Crippen LogP contribution in [0, 0.1) is 0 Å². The molecule has 4 amide bonds. The zero-order valence-electron chi connectivity index (χ0n) is 21.1. The molecule has 0 saturated heterocycles. The van der Waals surface area contributed by atoms with Crippen molar-refractivity contribution in [3.63, 3.8) is 0 Å². The monoisotopic (exact) mass is 596 g/mol. The number of nitrogens with two attached hydrogens (primary N) is 3. The third-order valence-corrected chi connectivity index (χ3v) is 5.74. The van der Waals surface area contributed by atoms with Crippen molar-refractivity contribution in [1.82, 2.24) is 21.3 Å². The maximum atomic E-state index is 13.0. The summed E-state index contributed by atoms with van der Waals surface area (Å²) in [6.45, 7) is 1.22. The lowest BCUT2D eigenvalue weighted by Crippen LogP contribution is -2.61. The molecule has 0 aromatic rings. The lowest BCUT2D eigenvalue weighted by molar-refractivity contribution is -0.143. The third kappa shape index (κ3) is 13.9. The molecule has 222 valence electrons. The normalized spacial score (nSPS) is 15.3. The first-order chi connectivity index (χ1) is 18.1. The molecule has 0 radical (unpaired) electrons. The van der Waals surface area contributed by atoms with E-state index < -0.39 is 78.3 Å². The fourth-order valence-electron chi connectivity index (χ4n) is 2.90. The molecule has 0 fully saturated rings. The van der Waals surface area contributed by atoms with Gasteiger partial charge in [0.1, 0.15) is 24.2 Å². The number of carbonyl (C=O) groups is 6. The van der Waals surface area contributed by atoms with Gasteiger partial charge in [-0.1, -0.05) is 0 Å². The van der Waals surface area contributed by atoms with Gasteiger partial charge in [0.25, 0.3) is 0 Å². The molecule has 0 spiro atoms. The SMILES string of the molecule is C[C@@H](O)[C@H](NC(=O)[C@H](CC(=O)O)NC(=O)[C@H](CCCN=C(N)N)NC(=O)[C@H](N)CS)C(=O)N[C@H](CS)C(=O)O. The van der Waals surface area contributed by atoms with Gasteiger partial charge in [-0.25, -0.2) is 4.79 Å². The Balaban J connectivity index is 5.78. The van der Waals surface area contributed by atoms with Crippen molar-refractivity contribution in [3.05, 3.63) is 0 Å². The number of nitrogens with zero attached hydrogens (tertiary/aromatic N) is 1. The van der Waals surface area contributed by atoms with Crippen molar-refractivity contribution in [1.29, 1.82) is 0 Å². The molecule has 0 aliphatic carbocycles. The van der Waals surface area contributed by atoms with Crippen LogP contribution in [0.3, 0.4) is 0 Å². The minimum absolute atomic E-state index is 0.0337. The standard InChI is InChI=1S/C20H36N8O9S2/c1-8(29)14(18(35)27-12(7-39)19(36)37)28-17(34)11(5-13(30)31)26-16(33)10(3-2-4-24-20(22)23)25-15(32)9(21)6-38/h8-12,14,29,38-39H,2-7,21H2,1H3,(H,25,32)(H,26,33)(H,27,35)(H,28,34)(H,30,31)(H,36,37)(H4,22,23,24)/t8-,9-,10+,11+,12-,14+/m1/s1. The summed E-state index contributed by atoms with van der Waals surface area (Å²) in [5, 5.41) is 37.1. The highest BCUT2D eigenvalue weighted by Crippen LogP contribution is 2.04. The van der Waals surface area contributed by atoms with E-state index in [2.05, 4.69) is 51.5 Å². The van der Waals surface area contributed by atoms with Crippen molar-refractivity contribution >= 4 is 66.8 Å². The molecule has 39 heavy (non-hydrogen) atoms. The summed E-state index contributed by atoms with van der Waals surface area (Å²) < 4.78 is 0. The maximum Gasteiger partial charge on any atom is 0.327 e. The second kappa shape index (κ2) is 18.1. The number of aliphatic carboxylic acids is 2. The third-order valence-electron chi connectivity index (χ3n) is 4.98. The van der Waals surface area contributed by atoms with E-state index >= 15 is 0 Å². The molecule has 0 aromatic heterocycles. The predicted octanol–water partition coefficient (Wildman–Crippen LogP) is -4.89. The number of aliphatic hydroxyl groups is 1. The highest BCUT2D eigenvalue weighted by atomic mass is 32.1. The van der Waals surface area contributed by atoms with Gasteiger partial charge in [0, 0.05) is 18.1 Å². The van der Waals surface area contributed by atoms with Crippen LogP contribution in [-0.4, -0.2) is 111 Å².